The van der Waals surface area contributed by atoms with Crippen LogP contribution in [0.4, 0.5) is 0 Å². The number of nitrogens with one attached hydrogen (secondary N) is 1. The molecule has 1 amide bonds. The van der Waals surface area contributed by atoms with Gasteiger partial charge in [-0.15, -0.1) is 0 Å². The molecular formula is C11H21NO3. The van der Waals surface area contributed by atoms with Gasteiger partial charge in [-0.25, -0.2) is 0 Å². The van der Waals surface area contributed by atoms with Crippen LogP contribution in [0.3, 0.4) is 0 Å². The maximum Gasteiger partial charge on any atom is 0.309 e. The maximum absolute atomic E-state index is 11.3. The summed E-state index contributed by atoms with van der Waals surface area (Å²) in [5, 5.41) is 11.6. The fraction of sp³-hybridized carbons (Fsp3) is 0.818. The number of carbonyl (C=O) groups is 2. The second kappa shape index (κ2) is 5.73. The van der Waals surface area contributed by atoms with Crippen LogP contribution < -0.4 is 5.32 Å². The van der Waals surface area contributed by atoms with Crippen LogP contribution in [0.5, 0.6) is 0 Å². The van der Waals surface area contributed by atoms with Crippen molar-refractivity contribution in [3.05, 3.63) is 0 Å². The van der Waals surface area contributed by atoms with E-state index in [2.05, 4.69) is 5.32 Å². The van der Waals surface area contributed by atoms with E-state index in [0.29, 0.717) is 25.3 Å². The number of amides is 1. The first-order valence-electron chi connectivity index (χ1n) is 5.26. The largest absolute Gasteiger partial charge is 0.481 e. The molecule has 0 rings (SSSR count). The average molecular weight is 215 g/mol. The van der Waals surface area contributed by atoms with Crippen LogP contribution in [0.25, 0.3) is 0 Å². The molecule has 0 heterocycles. The smallest absolute Gasteiger partial charge is 0.309 e. The number of aliphatic carboxylic acids is 1. The van der Waals surface area contributed by atoms with Crippen LogP contribution in [0.1, 0.15) is 40.5 Å². The molecule has 0 fully saturated rings. The van der Waals surface area contributed by atoms with Crippen molar-refractivity contribution in [2.24, 2.45) is 11.3 Å². The van der Waals surface area contributed by atoms with Crippen molar-refractivity contribution in [1.29, 1.82) is 0 Å². The van der Waals surface area contributed by atoms with Gasteiger partial charge in [-0.05, 0) is 26.2 Å². The van der Waals surface area contributed by atoms with Crippen molar-refractivity contribution in [2.45, 2.75) is 40.5 Å². The molecule has 0 unspecified atom stereocenters. The van der Waals surface area contributed by atoms with Crippen molar-refractivity contribution < 1.29 is 14.7 Å². The molecule has 0 aromatic heterocycles. The van der Waals surface area contributed by atoms with Gasteiger partial charge in [0, 0.05) is 13.0 Å². The van der Waals surface area contributed by atoms with Crippen LogP contribution in [-0.2, 0) is 9.59 Å². The highest BCUT2D eigenvalue weighted by atomic mass is 16.4. The predicted octanol–water partition coefficient (Wildman–Crippen LogP) is 1.65. The van der Waals surface area contributed by atoms with Gasteiger partial charge < -0.3 is 10.4 Å². The third-order valence-electron chi connectivity index (χ3n) is 2.24. The van der Waals surface area contributed by atoms with Gasteiger partial charge in [-0.1, -0.05) is 13.8 Å². The molecule has 0 saturated carbocycles. The molecule has 0 saturated heterocycles. The van der Waals surface area contributed by atoms with E-state index < -0.39 is 11.4 Å². The van der Waals surface area contributed by atoms with E-state index in [0.717, 1.165) is 0 Å². The molecule has 88 valence electrons. The Morgan fingerprint density at radius 2 is 1.87 bits per heavy atom. The Morgan fingerprint density at radius 1 is 1.33 bits per heavy atom. The van der Waals surface area contributed by atoms with Gasteiger partial charge >= 0.3 is 5.97 Å². The van der Waals surface area contributed by atoms with Gasteiger partial charge in [0.1, 0.15) is 0 Å². The Labute approximate surface area is 91.1 Å². The average Bonchev–Trinajstić information content (AvgIpc) is 2.01. The van der Waals surface area contributed by atoms with E-state index in [1.165, 1.54) is 0 Å². The molecule has 0 radical (unpaired) electrons. The van der Waals surface area contributed by atoms with Crippen molar-refractivity contribution in [1.82, 2.24) is 5.32 Å². The van der Waals surface area contributed by atoms with Gasteiger partial charge in [0.15, 0.2) is 0 Å². The quantitative estimate of drug-likeness (QED) is 0.708. The monoisotopic (exact) mass is 215 g/mol. The fourth-order valence-electron chi connectivity index (χ4n) is 1.06. The number of hydrogen-bond donors (Lipinski definition) is 2. The molecule has 0 aliphatic heterocycles. The van der Waals surface area contributed by atoms with Crippen LogP contribution in [-0.4, -0.2) is 23.5 Å². The van der Waals surface area contributed by atoms with E-state index in [1.807, 2.05) is 13.8 Å². The summed E-state index contributed by atoms with van der Waals surface area (Å²) in [6, 6.07) is 0. The molecule has 0 spiro atoms. The summed E-state index contributed by atoms with van der Waals surface area (Å²) in [5.74, 6) is -0.510. The van der Waals surface area contributed by atoms with Crippen molar-refractivity contribution in [3.63, 3.8) is 0 Å². The topological polar surface area (TPSA) is 66.4 Å². The Morgan fingerprint density at radius 3 is 2.27 bits per heavy atom. The normalized spacial score (nSPS) is 11.5. The van der Waals surface area contributed by atoms with E-state index in [4.69, 9.17) is 5.11 Å². The Hall–Kier alpha value is -1.06. The van der Waals surface area contributed by atoms with Gasteiger partial charge in [0.05, 0.1) is 5.41 Å². The predicted molar refractivity (Wildman–Crippen MR) is 58.5 cm³/mol. The number of rotatable bonds is 6. The van der Waals surface area contributed by atoms with Crippen LogP contribution in [0, 0.1) is 11.3 Å². The summed E-state index contributed by atoms with van der Waals surface area (Å²) in [7, 11) is 0. The lowest BCUT2D eigenvalue weighted by Gasteiger charge is -2.19. The zero-order valence-electron chi connectivity index (χ0n) is 9.96. The lowest BCUT2D eigenvalue weighted by molar-refractivity contribution is -0.147. The highest BCUT2D eigenvalue weighted by molar-refractivity contribution is 5.76. The molecule has 0 aromatic rings. The molecule has 4 nitrogen and oxygen atoms in total. The van der Waals surface area contributed by atoms with Crippen LogP contribution in [0.2, 0.25) is 0 Å². The molecule has 0 aromatic carbocycles. The van der Waals surface area contributed by atoms with Crippen molar-refractivity contribution in [3.8, 4) is 0 Å². The second-order valence-electron chi connectivity index (χ2n) is 4.89. The maximum atomic E-state index is 11.3. The summed E-state index contributed by atoms with van der Waals surface area (Å²) < 4.78 is 0. The summed E-state index contributed by atoms with van der Waals surface area (Å²) in [6.07, 6.45) is 0.944. The fourth-order valence-corrected chi connectivity index (χ4v) is 1.06. The SMILES string of the molecule is CC(C)CC(=O)NCCC(C)(C)C(=O)O. The zero-order chi connectivity index (χ0) is 12.1. The minimum atomic E-state index is -0.833. The summed E-state index contributed by atoms with van der Waals surface area (Å²) in [6.45, 7) is 7.68. The Kier molecular flexibility index (Phi) is 5.33. The Bertz CT molecular complexity index is 234. The van der Waals surface area contributed by atoms with Crippen LogP contribution in [0.15, 0.2) is 0 Å². The Balaban J connectivity index is 3.80. The second-order valence-corrected chi connectivity index (χ2v) is 4.89. The van der Waals surface area contributed by atoms with Crippen LogP contribution >= 0.6 is 0 Å². The standard InChI is InChI=1S/C11H21NO3/c1-8(2)7-9(13)12-6-5-11(3,4)10(14)15/h8H,5-7H2,1-4H3,(H,12,13)(H,14,15). The molecule has 4 heteroatoms. The third kappa shape index (κ3) is 6.10. The highest BCUT2D eigenvalue weighted by Gasteiger charge is 2.26. The number of carboxylic acid groups (broad SMARTS) is 1. The van der Waals surface area contributed by atoms with Gasteiger partial charge in [0.2, 0.25) is 5.91 Å². The molecule has 0 atom stereocenters. The van der Waals surface area contributed by atoms with Crippen molar-refractivity contribution >= 4 is 11.9 Å². The first-order chi connectivity index (χ1) is 6.75. The minimum Gasteiger partial charge on any atom is -0.481 e. The molecule has 0 bridgehead atoms. The van der Waals surface area contributed by atoms with Gasteiger partial charge in [0.25, 0.3) is 0 Å². The van der Waals surface area contributed by atoms with E-state index in [9.17, 15) is 9.59 Å². The molecular weight excluding hydrogens is 194 g/mol. The lowest BCUT2D eigenvalue weighted by atomic mass is 9.90. The molecule has 0 aliphatic rings. The molecule has 15 heavy (non-hydrogen) atoms. The van der Waals surface area contributed by atoms with E-state index in [-0.39, 0.29) is 5.91 Å². The number of hydrogen-bond acceptors (Lipinski definition) is 2. The van der Waals surface area contributed by atoms with Gasteiger partial charge in [-0.2, -0.15) is 0 Å². The summed E-state index contributed by atoms with van der Waals surface area (Å²) in [4.78, 5) is 22.0. The summed E-state index contributed by atoms with van der Waals surface area (Å²) >= 11 is 0. The molecule has 0 aliphatic carbocycles. The van der Waals surface area contributed by atoms with E-state index in [1.54, 1.807) is 13.8 Å². The zero-order valence-corrected chi connectivity index (χ0v) is 9.96. The molecule has 2 N–H and O–H groups in total. The number of carbonyl (C=O) groups excluding carboxylic acids is 1. The van der Waals surface area contributed by atoms with E-state index >= 15 is 0 Å². The number of carboxylic acids is 1. The highest BCUT2D eigenvalue weighted by Crippen LogP contribution is 2.19. The first-order valence-corrected chi connectivity index (χ1v) is 5.26. The third-order valence-corrected chi connectivity index (χ3v) is 2.24. The summed E-state index contributed by atoms with van der Waals surface area (Å²) in [5.41, 5.74) is -0.773. The minimum absolute atomic E-state index is 0.00816. The van der Waals surface area contributed by atoms with Gasteiger partial charge in [-0.3, -0.25) is 9.59 Å². The van der Waals surface area contributed by atoms with Crippen molar-refractivity contribution in [2.75, 3.05) is 6.54 Å². The first kappa shape index (κ1) is 13.9. The lowest BCUT2D eigenvalue weighted by Crippen LogP contribution is -2.32.